The van der Waals surface area contributed by atoms with Crippen LogP contribution >= 0.6 is 0 Å². The number of hydrogen-bond acceptors (Lipinski definition) is 4. The van der Waals surface area contributed by atoms with Crippen LogP contribution in [0.5, 0.6) is 0 Å². The molecule has 0 aliphatic rings. The molecule has 0 amide bonds. The Kier molecular flexibility index (Phi) is 5.11. The van der Waals surface area contributed by atoms with Gasteiger partial charge < -0.3 is 19.7 Å². The van der Waals surface area contributed by atoms with Gasteiger partial charge >= 0.3 is 11.9 Å². The van der Waals surface area contributed by atoms with Crippen LogP contribution < -0.4 is 0 Å². The maximum absolute atomic E-state index is 10.8. The minimum absolute atomic E-state index is 0.00162. The molecule has 6 heteroatoms. The fraction of sp³-hybridized carbons (Fsp3) is 0.750. The Bertz CT molecular complexity index is 208. The van der Waals surface area contributed by atoms with Crippen LogP contribution in [0.1, 0.15) is 19.3 Å². The second kappa shape index (κ2) is 5.56. The summed E-state index contributed by atoms with van der Waals surface area (Å²) in [5.41, 5.74) is 0. The molecule has 0 aromatic heterocycles. The van der Waals surface area contributed by atoms with E-state index in [0.717, 1.165) is 0 Å². The Morgan fingerprint density at radius 2 is 1.71 bits per heavy atom. The second-order valence-corrected chi connectivity index (χ2v) is 2.71. The van der Waals surface area contributed by atoms with Gasteiger partial charge in [0, 0.05) is 27.1 Å². The van der Waals surface area contributed by atoms with Crippen molar-refractivity contribution in [3.8, 4) is 0 Å². The third kappa shape index (κ3) is 3.31. The van der Waals surface area contributed by atoms with E-state index in [9.17, 15) is 9.59 Å². The summed E-state index contributed by atoms with van der Waals surface area (Å²) in [6.07, 6.45) is 0.0761. The number of carboxylic acid groups (broad SMARTS) is 2. The molecular formula is C8H14O6. The first-order valence-corrected chi connectivity index (χ1v) is 4.04. The van der Waals surface area contributed by atoms with Gasteiger partial charge in [-0.3, -0.25) is 4.79 Å². The van der Waals surface area contributed by atoms with Crippen molar-refractivity contribution in [3.63, 3.8) is 0 Å². The Labute approximate surface area is 81.4 Å². The standard InChI is InChI=1S/C8H14O6/c1-13-8(14-2,7(11)12)5-3-4-6(9)10/h3-5H2,1-2H3,(H,9,10)(H,11,12). The minimum Gasteiger partial charge on any atom is -0.481 e. The third-order valence-electron chi connectivity index (χ3n) is 1.88. The predicted octanol–water partition coefficient (Wildman–Crippen LogP) is 0.315. The van der Waals surface area contributed by atoms with E-state index in [1.165, 1.54) is 14.2 Å². The lowest BCUT2D eigenvalue weighted by molar-refractivity contribution is -0.228. The minimum atomic E-state index is -1.73. The lowest BCUT2D eigenvalue weighted by Gasteiger charge is -2.25. The second-order valence-electron chi connectivity index (χ2n) is 2.71. The fourth-order valence-corrected chi connectivity index (χ4v) is 1.04. The number of ether oxygens (including phenoxy) is 2. The summed E-state index contributed by atoms with van der Waals surface area (Å²) in [5, 5.41) is 17.2. The highest BCUT2D eigenvalue weighted by molar-refractivity contribution is 5.75. The number of rotatable bonds is 7. The quantitative estimate of drug-likeness (QED) is 0.582. The molecule has 0 aliphatic heterocycles. The highest BCUT2D eigenvalue weighted by Crippen LogP contribution is 2.19. The predicted molar refractivity (Wildman–Crippen MR) is 45.9 cm³/mol. The van der Waals surface area contributed by atoms with E-state index in [-0.39, 0.29) is 19.3 Å². The van der Waals surface area contributed by atoms with Crippen molar-refractivity contribution in [2.45, 2.75) is 25.0 Å². The monoisotopic (exact) mass is 206 g/mol. The molecule has 0 aliphatic carbocycles. The number of methoxy groups -OCH3 is 2. The first kappa shape index (κ1) is 12.9. The first-order chi connectivity index (χ1) is 6.48. The maximum atomic E-state index is 10.8. The van der Waals surface area contributed by atoms with E-state index >= 15 is 0 Å². The van der Waals surface area contributed by atoms with Gasteiger partial charge in [-0.05, 0) is 6.42 Å². The van der Waals surface area contributed by atoms with Gasteiger partial charge in [-0.2, -0.15) is 0 Å². The van der Waals surface area contributed by atoms with Crippen LogP contribution in [0.4, 0.5) is 0 Å². The van der Waals surface area contributed by atoms with Crippen LogP contribution in [0.2, 0.25) is 0 Å². The highest BCUT2D eigenvalue weighted by Gasteiger charge is 2.38. The van der Waals surface area contributed by atoms with E-state index < -0.39 is 17.7 Å². The Balaban J connectivity index is 4.22. The van der Waals surface area contributed by atoms with Crippen molar-refractivity contribution in [2.75, 3.05) is 14.2 Å². The topological polar surface area (TPSA) is 93.1 Å². The number of carbonyl (C=O) groups is 2. The maximum Gasteiger partial charge on any atom is 0.364 e. The van der Waals surface area contributed by atoms with Crippen LogP contribution in [0, 0.1) is 0 Å². The molecule has 0 bridgehead atoms. The fourth-order valence-electron chi connectivity index (χ4n) is 1.04. The van der Waals surface area contributed by atoms with Crippen molar-refractivity contribution in [3.05, 3.63) is 0 Å². The third-order valence-corrected chi connectivity index (χ3v) is 1.88. The smallest absolute Gasteiger partial charge is 0.364 e. The van der Waals surface area contributed by atoms with Crippen LogP contribution in [0.25, 0.3) is 0 Å². The van der Waals surface area contributed by atoms with Crippen molar-refractivity contribution < 1.29 is 29.3 Å². The molecule has 6 nitrogen and oxygen atoms in total. The lowest BCUT2D eigenvalue weighted by Crippen LogP contribution is -2.42. The van der Waals surface area contributed by atoms with Crippen LogP contribution in [0.15, 0.2) is 0 Å². The molecule has 0 saturated carbocycles. The van der Waals surface area contributed by atoms with Crippen LogP contribution in [-0.2, 0) is 19.1 Å². The summed E-state index contributed by atoms with van der Waals surface area (Å²) in [6.45, 7) is 0. The SMILES string of the molecule is COC(CCCC(=O)O)(OC)C(=O)O. The molecule has 0 spiro atoms. The summed E-state index contributed by atoms with van der Waals surface area (Å²) < 4.78 is 9.43. The Hall–Kier alpha value is -1.14. The summed E-state index contributed by atoms with van der Waals surface area (Å²) in [5.74, 6) is -3.96. The molecule has 2 N–H and O–H groups in total. The molecule has 0 fully saturated rings. The van der Waals surface area contributed by atoms with E-state index in [2.05, 4.69) is 0 Å². The molecule has 0 saturated heterocycles. The van der Waals surface area contributed by atoms with E-state index in [1.54, 1.807) is 0 Å². The summed E-state index contributed by atoms with van der Waals surface area (Å²) in [4.78, 5) is 21.0. The summed E-state index contributed by atoms with van der Waals surface area (Å²) in [7, 11) is 2.41. The average Bonchev–Trinajstić information content (AvgIpc) is 2.12. The van der Waals surface area contributed by atoms with E-state index in [4.69, 9.17) is 19.7 Å². The zero-order chi connectivity index (χ0) is 11.2. The largest absolute Gasteiger partial charge is 0.481 e. The molecule has 0 radical (unpaired) electrons. The molecule has 0 unspecified atom stereocenters. The molecule has 0 atom stereocenters. The van der Waals surface area contributed by atoms with Gasteiger partial charge in [0.2, 0.25) is 0 Å². The van der Waals surface area contributed by atoms with Gasteiger partial charge in [-0.15, -0.1) is 0 Å². The normalized spacial score (nSPS) is 11.3. The zero-order valence-corrected chi connectivity index (χ0v) is 8.15. The summed E-state index contributed by atoms with van der Waals surface area (Å²) >= 11 is 0. The van der Waals surface area contributed by atoms with Crippen molar-refractivity contribution in [2.24, 2.45) is 0 Å². The average molecular weight is 206 g/mol. The van der Waals surface area contributed by atoms with Crippen LogP contribution in [0.3, 0.4) is 0 Å². The van der Waals surface area contributed by atoms with Gasteiger partial charge in [-0.1, -0.05) is 0 Å². The Morgan fingerprint density at radius 1 is 1.21 bits per heavy atom. The molecule has 0 rings (SSSR count). The zero-order valence-electron chi connectivity index (χ0n) is 8.15. The number of aliphatic carboxylic acids is 2. The molecule has 82 valence electrons. The molecule has 0 heterocycles. The molecule has 14 heavy (non-hydrogen) atoms. The molecule has 0 aromatic carbocycles. The highest BCUT2D eigenvalue weighted by atomic mass is 16.7. The van der Waals surface area contributed by atoms with Gasteiger partial charge in [0.1, 0.15) is 0 Å². The Morgan fingerprint density at radius 3 is 2.00 bits per heavy atom. The van der Waals surface area contributed by atoms with Crippen LogP contribution in [-0.4, -0.2) is 42.2 Å². The first-order valence-electron chi connectivity index (χ1n) is 4.04. The number of carboxylic acids is 2. The van der Waals surface area contributed by atoms with E-state index in [0.29, 0.717) is 0 Å². The summed E-state index contributed by atoms with van der Waals surface area (Å²) in [6, 6.07) is 0. The lowest BCUT2D eigenvalue weighted by atomic mass is 10.1. The van der Waals surface area contributed by atoms with Gasteiger partial charge in [0.05, 0.1) is 0 Å². The van der Waals surface area contributed by atoms with Crippen molar-refractivity contribution in [1.29, 1.82) is 0 Å². The molecular weight excluding hydrogens is 192 g/mol. The molecule has 0 aromatic rings. The van der Waals surface area contributed by atoms with E-state index in [1.807, 2.05) is 0 Å². The van der Waals surface area contributed by atoms with Gasteiger partial charge in [0.15, 0.2) is 0 Å². The van der Waals surface area contributed by atoms with Gasteiger partial charge in [-0.25, -0.2) is 4.79 Å². The number of hydrogen-bond donors (Lipinski definition) is 2. The van der Waals surface area contributed by atoms with Crippen molar-refractivity contribution in [1.82, 2.24) is 0 Å². The van der Waals surface area contributed by atoms with Crippen molar-refractivity contribution >= 4 is 11.9 Å². The van der Waals surface area contributed by atoms with Gasteiger partial charge in [0.25, 0.3) is 5.79 Å².